The molecule has 16 heteroatoms. The zero-order valence-corrected chi connectivity index (χ0v) is 19.5. The second kappa shape index (κ2) is 10.9. The Balaban J connectivity index is 1.69. The van der Waals surface area contributed by atoms with E-state index < -0.39 is 52.4 Å². The molecule has 1 aromatic carbocycles. The Morgan fingerprint density at radius 3 is 2.45 bits per heavy atom. The Kier molecular flexibility index (Phi) is 8.65. The minimum atomic E-state index is -5.32. The number of rotatable bonds is 10. The van der Waals surface area contributed by atoms with Gasteiger partial charge in [0.15, 0.2) is 11.4 Å². The summed E-state index contributed by atoms with van der Waals surface area (Å²) in [7, 11) is -10.5. The van der Waals surface area contributed by atoms with Crippen LogP contribution in [0.5, 0.6) is 0 Å². The van der Waals surface area contributed by atoms with Crippen LogP contribution >= 0.6 is 27.4 Å². The topological polar surface area (TPSA) is 198 Å². The van der Waals surface area contributed by atoms with Crippen LogP contribution in [-0.4, -0.2) is 65.1 Å². The van der Waals surface area contributed by atoms with Crippen molar-refractivity contribution >= 4 is 27.4 Å². The van der Waals surface area contributed by atoms with Crippen LogP contribution in [-0.2, 0) is 29.1 Å². The number of aryl methyl sites for hydroxylation is 1. The molecule has 1 saturated heterocycles. The molecule has 0 saturated carbocycles. The lowest BCUT2D eigenvalue weighted by atomic mass is 10.1. The van der Waals surface area contributed by atoms with E-state index in [9.17, 15) is 29.0 Å². The van der Waals surface area contributed by atoms with Crippen molar-refractivity contribution in [2.24, 2.45) is 0 Å². The minimum absolute atomic E-state index is 0.217. The molecule has 1 aliphatic heterocycles. The summed E-state index contributed by atoms with van der Waals surface area (Å²) >= 11 is 1.23. The third-order valence-corrected chi connectivity index (χ3v) is 7.61. The molecule has 0 amide bonds. The van der Waals surface area contributed by atoms with Gasteiger partial charge in [-0.2, -0.15) is 9.29 Å². The predicted molar refractivity (Wildman–Crippen MR) is 114 cm³/mol. The number of phosphoric ester groups is 1. The number of phosphoric acid groups is 2. The normalized spacial score (nSPS) is 25.1. The van der Waals surface area contributed by atoms with E-state index in [-0.39, 0.29) is 5.16 Å². The molecule has 1 unspecified atom stereocenters. The standard InChI is InChI=1S/C17H22N2O11P2S/c20-13-6-8-19(17(18-13)33-9-7-11-4-2-1-3-5-11)16-15(22)14(21)12(29-16)10-28-32(26,27)30-31(23,24)25/h1-6,8,12,14-16,21-22H,7,9-10H2,(H,26,27)(H2,23,24,25)/t12-,14-,15-,16-/m1/s1. The molecule has 0 radical (unpaired) electrons. The van der Waals surface area contributed by atoms with Gasteiger partial charge in [0.05, 0.1) is 6.61 Å². The van der Waals surface area contributed by atoms with Crippen LogP contribution in [0.3, 0.4) is 0 Å². The fourth-order valence-electron chi connectivity index (χ4n) is 3.02. The highest BCUT2D eigenvalue weighted by atomic mass is 32.2. The molecule has 1 fully saturated rings. The number of nitrogens with zero attached hydrogens (tertiary/aromatic N) is 2. The summed E-state index contributed by atoms with van der Waals surface area (Å²) in [5, 5.41) is 20.9. The van der Waals surface area contributed by atoms with E-state index in [0.29, 0.717) is 12.2 Å². The van der Waals surface area contributed by atoms with E-state index in [2.05, 4.69) is 13.8 Å². The number of hydrogen-bond donors (Lipinski definition) is 5. The molecule has 13 nitrogen and oxygen atoms in total. The molecular formula is C17H22N2O11P2S. The highest BCUT2D eigenvalue weighted by molar-refractivity contribution is 7.99. The molecular weight excluding hydrogens is 502 g/mol. The van der Waals surface area contributed by atoms with Gasteiger partial charge < -0.3 is 29.6 Å². The maximum absolute atomic E-state index is 11.8. The second-order valence-electron chi connectivity index (χ2n) is 6.92. The van der Waals surface area contributed by atoms with Crippen molar-refractivity contribution in [2.45, 2.75) is 36.1 Å². The first-order valence-corrected chi connectivity index (χ1v) is 13.5. The van der Waals surface area contributed by atoms with Gasteiger partial charge in [-0.15, -0.1) is 0 Å². The van der Waals surface area contributed by atoms with E-state index in [0.717, 1.165) is 11.6 Å². The van der Waals surface area contributed by atoms with Gasteiger partial charge in [0, 0.05) is 18.0 Å². The summed E-state index contributed by atoms with van der Waals surface area (Å²) in [5.74, 6) is 0.547. The maximum atomic E-state index is 11.8. The average Bonchev–Trinajstić information content (AvgIpc) is 3.00. The van der Waals surface area contributed by atoms with Crippen LogP contribution in [0.25, 0.3) is 0 Å². The van der Waals surface area contributed by atoms with Gasteiger partial charge in [-0.3, -0.25) is 13.9 Å². The largest absolute Gasteiger partial charge is 0.481 e. The summed E-state index contributed by atoms with van der Waals surface area (Å²) in [4.78, 5) is 42.4. The van der Waals surface area contributed by atoms with E-state index in [1.165, 1.54) is 22.5 Å². The fraction of sp³-hybridized carbons (Fsp3) is 0.412. The lowest BCUT2D eigenvalue weighted by Crippen LogP contribution is -2.34. The first-order valence-electron chi connectivity index (χ1n) is 9.47. The summed E-state index contributed by atoms with van der Waals surface area (Å²) in [6.45, 7) is -0.827. The third-order valence-electron chi connectivity index (χ3n) is 4.49. The molecule has 0 aliphatic carbocycles. The van der Waals surface area contributed by atoms with E-state index in [4.69, 9.17) is 14.5 Å². The number of aromatic nitrogens is 2. The first kappa shape index (κ1) is 26.2. The van der Waals surface area contributed by atoms with Crippen molar-refractivity contribution in [3.63, 3.8) is 0 Å². The lowest BCUT2D eigenvalue weighted by Gasteiger charge is -2.21. The van der Waals surface area contributed by atoms with Crippen LogP contribution in [0.15, 0.2) is 52.5 Å². The number of thioether (sulfide) groups is 1. The van der Waals surface area contributed by atoms with Gasteiger partial charge in [0.2, 0.25) is 0 Å². The Morgan fingerprint density at radius 1 is 1.09 bits per heavy atom. The monoisotopic (exact) mass is 524 g/mol. The van der Waals surface area contributed by atoms with Crippen molar-refractivity contribution < 1.29 is 47.6 Å². The van der Waals surface area contributed by atoms with E-state index in [1.54, 1.807) is 0 Å². The Morgan fingerprint density at radius 2 is 1.79 bits per heavy atom. The quantitative estimate of drug-likeness (QED) is 0.163. The smallest absolute Gasteiger partial charge is 0.387 e. The van der Waals surface area contributed by atoms with Gasteiger partial charge in [-0.25, -0.2) is 9.13 Å². The average molecular weight is 524 g/mol. The van der Waals surface area contributed by atoms with Crippen molar-refractivity contribution in [2.75, 3.05) is 12.4 Å². The van der Waals surface area contributed by atoms with Gasteiger partial charge >= 0.3 is 15.6 Å². The highest BCUT2D eigenvalue weighted by Gasteiger charge is 2.45. The van der Waals surface area contributed by atoms with Gasteiger partial charge in [-0.05, 0) is 12.0 Å². The third kappa shape index (κ3) is 7.54. The molecule has 33 heavy (non-hydrogen) atoms. The number of aliphatic hydroxyl groups excluding tert-OH is 2. The minimum Gasteiger partial charge on any atom is -0.387 e. The van der Waals surface area contributed by atoms with Gasteiger partial charge in [0.1, 0.15) is 18.3 Å². The molecule has 2 heterocycles. The van der Waals surface area contributed by atoms with Crippen LogP contribution in [0.1, 0.15) is 11.8 Å². The van der Waals surface area contributed by atoms with Crippen molar-refractivity contribution in [1.82, 2.24) is 9.55 Å². The molecule has 1 aromatic heterocycles. The second-order valence-corrected chi connectivity index (χ2v) is 10.8. The number of hydrogen-bond acceptors (Lipinski definition) is 10. The van der Waals surface area contributed by atoms with E-state index in [1.807, 2.05) is 30.3 Å². The Labute approximate surface area is 191 Å². The molecule has 182 valence electrons. The van der Waals surface area contributed by atoms with Crippen LogP contribution < -0.4 is 5.56 Å². The SMILES string of the molecule is O=c1ccn([C@@H]2O[C@H](COP(=O)(O)OP(=O)(O)O)[C@@H](O)[C@H]2O)c(SCCc2ccccc2)n1. The zero-order valence-electron chi connectivity index (χ0n) is 16.9. The maximum Gasteiger partial charge on any atom is 0.481 e. The van der Waals surface area contributed by atoms with Gasteiger partial charge in [0.25, 0.3) is 5.56 Å². The Hall–Kier alpha value is -1.41. The van der Waals surface area contributed by atoms with Crippen molar-refractivity contribution in [3.8, 4) is 0 Å². The molecule has 0 spiro atoms. The molecule has 3 rings (SSSR count). The van der Waals surface area contributed by atoms with Crippen LogP contribution in [0.2, 0.25) is 0 Å². The lowest BCUT2D eigenvalue weighted by molar-refractivity contribution is -0.0569. The van der Waals surface area contributed by atoms with E-state index >= 15 is 0 Å². The number of benzene rings is 1. The Bertz CT molecular complexity index is 1100. The molecule has 5 N–H and O–H groups in total. The van der Waals surface area contributed by atoms with Crippen molar-refractivity contribution in [3.05, 3.63) is 58.5 Å². The molecule has 5 atom stereocenters. The highest BCUT2D eigenvalue weighted by Crippen LogP contribution is 2.57. The summed E-state index contributed by atoms with van der Waals surface area (Å²) in [6, 6.07) is 10.7. The van der Waals surface area contributed by atoms with Crippen LogP contribution in [0, 0.1) is 0 Å². The first-order chi connectivity index (χ1) is 15.5. The van der Waals surface area contributed by atoms with Gasteiger partial charge in [-0.1, -0.05) is 42.1 Å². The van der Waals surface area contributed by atoms with Crippen LogP contribution in [0.4, 0.5) is 0 Å². The molecule has 0 bridgehead atoms. The number of ether oxygens (including phenoxy) is 1. The number of aliphatic hydroxyl groups is 2. The summed E-state index contributed by atoms with van der Waals surface area (Å²) in [6.07, 6.45) is -3.69. The zero-order chi connectivity index (χ0) is 24.2. The molecule has 2 aromatic rings. The van der Waals surface area contributed by atoms with Crippen molar-refractivity contribution in [1.29, 1.82) is 0 Å². The predicted octanol–water partition coefficient (Wildman–Crippen LogP) is 0.424. The summed E-state index contributed by atoms with van der Waals surface area (Å²) < 4.78 is 37.4. The summed E-state index contributed by atoms with van der Waals surface area (Å²) in [5.41, 5.74) is 0.558. The molecule has 1 aliphatic rings. The fourth-order valence-corrected chi connectivity index (χ4v) is 5.61.